The summed E-state index contributed by atoms with van der Waals surface area (Å²) in [5.74, 6) is 2.39. The molecule has 3 fully saturated rings. The smallest absolute Gasteiger partial charge is 0.0884 e. The van der Waals surface area contributed by atoms with Crippen LogP contribution in [0.3, 0.4) is 0 Å². The van der Waals surface area contributed by atoms with E-state index in [1.165, 1.54) is 38.5 Å². The van der Waals surface area contributed by atoms with Crippen molar-refractivity contribution in [2.45, 2.75) is 78.2 Å². The number of hydrogen-bond donors (Lipinski definition) is 1. The van der Waals surface area contributed by atoms with Gasteiger partial charge in [0.2, 0.25) is 0 Å². The van der Waals surface area contributed by atoms with Crippen molar-refractivity contribution in [3.05, 3.63) is 0 Å². The Labute approximate surface area is 143 Å². The maximum absolute atomic E-state index is 9.66. The van der Waals surface area contributed by atoms with E-state index in [1.54, 1.807) is 0 Å². The van der Waals surface area contributed by atoms with Crippen molar-refractivity contribution in [3.63, 3.8) is 0 Å². The molecule has 0 aromatic heterocycles. The molecule has 2 saturated carbocycles. The largest absolute Gasteiger partial charge is 0.393 e. The molecule has 3 aliphatic rings. The second kappa shape index (κ2) is 6.77. The molecule has 132 valence electrons. The first-order chi connectivity index (χ1) is 10.8. The van der Waals surface area contributed by atoms with E-state index in [9.17, 15) is 5.11 Å². The van der Waals surface area contributed by atoms with Crippen molar-refractivity contribution in [3.8, 4) is 12.8 Å². The van der Waals surface area contributed by atoms with Crippen LogP contribution < -0.4 is 0 Å². The zero-order chi connectivity index (χ0) is 17.3. The standard InChI is InChI=1S/C19H34O2.C2H2/c1-17(2)9-5-10-19(4)15-8-11-18(3,13-20)21-12-14(15)6-7-16(17)19;1-2/h14-16,20H,5-13H2,1-4H3;1-2H/t14-,15+,16+,18-,19-;/m1./s1. The molecule has 2 aliphatic carbocycles. The highest BCUT2D eigenvalue weighted by Gasteiger charge is 2.55. The van der Waals surface area contributed by atoms with Gasteiger partial charge in [0.25, 0.3) is 0 Å². The Morgan fingerprint density at radius 3 is 2.35 bits per heavy atom. The van der Waals surface area contributed by atoms with E-state index in [0.29, 0.717) is 16.7 Å². The number of aliphatic hydroxyl groups is 1. The van der Waals surface area contributed by atoms with Gasteiger partial charge in [-0.25, -0.2) is 0 Å². The van der Waals surface area contributed by atoms with Crippen LogP contribution in [0.2, 0.25) is 0 Å². The third-order valence-corrected chi connectivity index (χ3v) is 7.48. The summed E-state index contributed by atoms with van der Waals surface area (Å²) in [6.07, 6.45) is 17.2. The van der Waals surface area contributed by atoms with Gasteiger partial charge in [-0.2, -0.15) is 0 Å². The lowest BCUT2D eigenvalue weighted by Gasteiger charge is -2.59. The molecule has 0 bridgehead atoms. The van der Waals surface area contributed by atoms with E-state index >= 15 is 0 Å². The van der Waals surface area contributed by atoms with Crippen molar-refractivity contribution < 1.29 is 9.84 Å². The Morgan fingerprint density at radius 2 is 1.70 bits per heavy atom. The number of hydrogen-bond acceptors (Lipinski definition) is 2. The van der Waals surface area contributed by atoms with Crippen LogP contribution in [0.5, 0.6) is 0 Å². The first kappa shape index (κ1) is 18.8. The minimum Gasteiger partial charge on any atom is -0.393 e. The molecule has 1 aliphatic heterocycles. The summed E-state index contributed by atoms with van der Waals surface area (Å²) in [4.78, 5) is 0. The minimum atomic E-state index is -0.298. The number of fused-ring (bicyclic) bond motifs is 3. The van der Waals surface area contributed by atoms with Crippen LogP contribution >= 0.6 is 0 Å². The van der Waals surface area contributed by atoms with E-state index in [1.807, 2.05) is 0 Å². The van der Waals surface area contributed by atoms with Gasteiger partial charge in [-0.15, -0.1) is 12.8 Å². The molecule has 1 heterocycles. The maximum atomic E-state index is 9.66. The third kappa shape index (κ3) is 3.33. The Kier molecular flexibility index (Phi) is 5.54. The molecule has 3 rings (SSSR count). The van der Waals surface area contributed by atoms with E-state index in [0.717, 1.165) is 24.9 Å². The summed E-state index contributed by atoms with van der Waals surface area (Å²) in [5, 5.41) is 9.66. The normalized spacial score (nSPS) is 45.6. The number of rotatable bonds is 1. The van der Waals surface area contributed by atoms with Crippen molar-refractivity contribution in [1.82, 2.24) is 0 Å². The van der Waals surface area contributed by atoms with E-state index in [-0.39, 0.29) is 12.2 Å². The fourth-order valence-corrected chi connectivity index (χ4v) is 6.18. The average Bonchev–Trinajstić information content (AvgIpc) is 2.69. The molecule has 5 atom stereocenters. The van der Waals surface area contributed by atoms with Gasteiger partial charge >= 0.3 is 0 Å². The lowest BCUT2D eigenvalue weighted by atomic mass is 9.46. The molecular weight excluding hydrogens is 284 g/mol. The highest BCUT2D eigenvalue weighted by atomic mass is 16.5. The zero-order valence-corrected chi connectivity index (χ0v) is 15.6. The summed E-state index contributed by atoms with van der Waals surface area (Å²) in [6, 6.07) is 0. The van der Waals surface area contributed by atoms with Gasteiger partial charge in [0, 0.05) is 0 Å². The lowest BCUT2D eigenvalue weighted by molar-refractivity contribution is -0.114. The topological polar surface area (TPSA) is 29.5 Å². The fourth-order valence-electron chi connectivity index (χ4n) is 6.18. The molecule has 0 radical (unpaired) electrons. The van der Waals surface area contributed by atoms with Crippen LogP contribution in [0, 0.1) is 41.4 Å². The van der Waals surface area contributed by atoms with Gasteiger partial charge in [-0.05, 0) is 74.0 Å². The molecule has 0 aromatic rings. The molecule has 0 spiro atoms. The Balaban J connectivity index is 0.000000924. The monoisotopic (exact) mass is 320 g/mol. The van der Waals surface area contributed by atoms with Gasteiger partial charge in [0.1, 0.15) is 0 Å². The highest BCUT2D eigenvalue weighted by Crippen LogP contribution is 2.62. The SMILES string of the molecule is C#C.CC1(C)CCC[C@]2(C)[C@H]3CC[C@](C)(CO)OC[C@H]3CC[C@@H]12. The first-order valence-electron chi connectivity index (χ1n) is 9.39. The lowest BCUT2D eigenvalue weighted by Crippen LogP contribution is -2.51. The Bertz CT molecular complexity index is 427. The predicted octanol–water partition coefficient (Wildman–Crippen LogP) is 4.66. The Morgan fingerprint density at radius 1 is 1.00 bits per heavy atom. The highest BCUT2D eigenvalue weighted by molar-refractivity contribution is 5.04. The summed E-state index contributed by atoms with van der Waals surface area (Å²) in [5.41, 5.74) is 0.702. The number of aliphatic hydroxyl groups excluding tert-OH is 1. The summed E-state index contributed by atoms with van der Waals surface area (Å²) < 4.78 is 6.14. The van der Waals surface area contributed by atoms with Crippen molar-refractivity contribution in [1.29, 1.82) is 0 Å². The van der Waals surface area contributed by atoms with Crippen molar-refractivity contribution >= 4 is 0 Å². The fraction of sp³-hybridized carbons (Fsp3) is 0.905. The molecule has 2 heteroatoms. The van der Waals surface area contributed by atoms with Crippen LogP contribution in [0.25, 0.3) is 0 Å². The number of ether oxygens (including phenoxy) is 1. The van der Waals surface area contributed by atoms with Crippen molar-refractivity contribution in [2.75, 3.05) is 13.2 Å². The second-order valence-corrected chi connectivity index (χ2v) is 9.30. The Hall–Kier alpha value is -0.520. The van der Waals surface area contributed by atoms with Gasteiger partial charge < -0.3 is 9.84 Å². The quantitative estimate of drug-likeness (QED) is 0.712. The van der Waals surface area contributed by atoms with E-state index in [4.69, 9.17) is 4.74 Å². The second-order valence-electron chi connectivity index (χ2n) is 9.30. The average molecular weight is 321 g/mol. The van der Waals surface area contributed by atoms with Crippen LogP contribution in [0.1, 0.15) is 72.6 Å². The molecule has 1 N–H and O–H groups in total. The van der Waals surface area contributed by atoms with Crippen LogP contribution in [0.15, 0.2) is 0 Å². The van der Waals surface area contributed by atoms with Gasteiger partial charge in [0.05, 0.1) is 18.8 Å². The van der Waals surface area contributed by atoms with Crippen molar-refractivity contribution in [2.24, 2.45) is 28.6 Å². The summed E-state index contributed by atoms with van der Waals surface area (Å²) >= 11 is 0. The van der Waals surface area contributed by atoms with E-state index < -0.39 is 0 Å². The molecule has 0 aromatic carbocycles. The maximum Gasteiger partial charge on any atom is 0.0884 e. The summed E-state index contributed by atoms with van der Waals surface area (Å²) in [6.45, 7) is 10.7. The van der Waals surface area contributed by atoms with Gasteiger partial charge in [-0.3, -0.25) is 0 Å². The van der Waals surface area contributed by atoms with Crippen LogP contribution in [-0.4, -0.2) is 23.9 Å². The molecule has 0 unspecified atom stereocenters. The summed E-state index contributed by atoms with van der Waals surface area (Å²) in [7, 11) is 0. The first-order valence-corrected chi connectivity index (χ1v) is 9.39. The molecule has 0 amide bonds. The molecule has 1 saturated heterocycles. The zero-order valence-electron chi connectivity index (χ0n) is 15.6. The van der Waals surface area contributed by atoms with Crippen LogP contribution in [-0.2, 0) is 4.74 Å². The van der Waals surface area contributed by atoms with E-state index in [2.05, 4.69) is 40.5 Å². The molecule has 2 nitrogen and oxygen atoms in total. The van der Waals surface area contributed by atoms with Gasteiger partial charge in [-0.1, -0.05) is 27.2 Å². The van der Waals surface area contributed by atoms with Crippen LogP contribution in [0.4, 0.5) is 0 Å². The molecular formula is C21H36O2. The molecule has 23 heavy (non-hydrogen) atoms. The third-order valence-electron chi connectivity index (χ3n) is 7.48. The number of terminal acetylenes is 1. The predicted molar refractivity (Wildman–Crippen MR) is 96.0 cm³/mol. The van der Waals surface area contributed by atoms with Gasteiger partial charge in [0.15, 0.2) is 0 Å². The minimum absolute atomic E-state index is 0.165.